The van der Waals surface area contributed by atoms with Crippen LogP contribution in [0, 0.1) is 11.8 Å². The third-order valence-electron chi connectivity index (χ3n) is 5.17. The Morgan fingerprint density at radius 3 is 2.08 bits per heavy atom. The molecule has 0 bridgehead atoms. The lowest BCUT2D eigenvalue weighted by molar-refractivity contribution is -0.163. The highest BCUT2D eigenvalue weighted by Gasteiger charge is 2.37. The van der Waals surface area contributed by atoms with Gasteiger partial charge in [0.25, 0.3) is 0 Å². The number of aliphatic carboxylic acids is 1. The average molecular weight is 341 g/mol. The highest BCUT2D eigenvalue weighted by molar-refractivity contribution is 5.81. The van der Waals surface area contributed by atoms with Crippen LogP contribution in [0.15, 0.2) is 0 Å². The zero-order valence-electron chi connectivity index (χ0n) is 15.6. The smallest absolute Gasteiger partial charge is 0.310 e. The van der Waals surface area contributed by atoms with Crippen molar-refractivity contribution in [2.45, 2.75) is 103 Å². The summed E-state index contributed by atoms with van der Waals surface area (Å²) < 4.78 is 5.53. The molecule has 0 aliphatic heterocycles. The maximum Gasteiger partial charge on any atom is 0.310 e. The Balaban J connectivity index is 2.16. The first-order valence-corrected chi connectivity index (χ1v) is 9.99. The quantitative estimate of drug-likeness (QED) is 0.385. The van der Waals surface area contributed by atoms with Gasteiger partial charge >= 0.3 is 11.9 Å². The molecule has 24 heavy (non-hydrogen) atoms. The molecule has 1 rings (SSSR count). The van der Waals surface area contributed by atoms with E-state index in [-0.39, 0.29) is 12.1 Å². The van der Waals surface area contributed by atoms with E-state index >= 15 is 0 Å². The molecule has 140 valence electrons. The van der Waals surface area contributed by atoms with Gasteiger partial charge in [0, 0.05) is 0 Å². The van der Waals surface area contributed by atoms with Crippen LogP contribution in [0.3, 0.4) is 0 Å². The number of carboxylic acids is 1. The van der Waals surface area contributed by atoms with E-state index in [1.165, 1.54) is 44.9 Å². The maximum absolute atomic E-state index is 12.3. The van der Waals surface area contributed by atoms with Crippen LogP contribution in [0.2, 0.25) is 0 Å². The molecular weight excluding hydrogens is 304 g/mol. The Kier molecular flexibility index (Phi) is 10.8. The van der Waals surface area contributed by atoms with Gasteiger partial charge in [0.15, 0.2) is 0 Å². The molecule has 0 heterocycles. The van der Waals surface area contributed by atoms with Gasteiger partial charge in [0.2, 0.25) is 0 Å². The van der Waals surface area contributed by atoms with Crippen molar-refractivity contribution in [2.75, 3.05) is 0 Å². The molecule has 3 atom stereocenters. The van der Waals surface area contributed by atoms with Crippen LogP contribution in [-0.4, -0.2) is 23.1 Å². The number of hydrogen-bond donors (Lipinski definition) is 1. The van der Waals surface area contributed by atoms with Gasteiger partial charge in [-0.25, -0.2) is 0 Å². The standard InChI is InChI=1S/C20H36O4/c1-3-4-5-6-7-8-9-10-13-16(2)24-20(23)18-15-12-11-14-17(18)19(21)22/h16-18H,3-15H2,1-2H3,(H,21,22). The minimum absolute atomic E-state index is 0.103. The molecule has 0 aromatic carbocycles. The first kappa shape index (κ1) is 21.0. The average Bonchev–Trinajstić information content (AvgIpc) is 2.57. The molecule has 4 nitrogen and oxygen atoms in total. The summed E-state index contributed by atoms with van der Waals surface area (Å²) in [6.45, 7) is 4.16. The minimum Gasteiger partial charge on any atom is -0.481 e. The summed E-state index contributed by atoms with van der Waals surface area (Å²) in [5.74, 6) is -2.15. The first-order chi connectivity index (χ1) is 11.6. The largest absolute Gasteiger partial charge is 0.481 e. The Morgan fingerprint density at radius 1 is 0.958 bits per heavy atom. The lowest BCUT2D eigenvalue weighted by Gasteiger charge is -2.28. The molecule has 0 spiro atoms. The van der Waals surface area contributed by atoms with Crippen molar-refractivity contribution in [3.8, 4) is 0 Å². The molecule has 0 saturated heterocycles. The second kappa shape index (κ2) is 12.3. The van der Waals surface area contributed by atoms with E-state index in [1.54, 1.807) is 0 Å². The van der Waals surface area contributed by atoms with E-state index in [0.717, 1.165) is 25.7 Å². The second-order valence-electron chi connectivity index (χ2n) is 7.35. The van der Waals surface area contributed by atoms with Crippen molar-refractivity contribution >= 4 is 11.9 Å². The van der Waals surface area contributed by atoms with Crippen molar-refractivity contribution in [1.82, 2.24) is 0 Å². The topological polar surface area (TPSA) is 63.6 Å². The van der Waals surface area contributed by atoms with E-state index in [1.807, 2.05) is 6.92 Å². The molecule has 0 aromatic rings. The van der Waals surface area contributed by atoms with Crippen molar-refractivity contribution in [3.63, 3.8) is 0 Å². The Hall–Kier alpha value is -1.06. The number of carbonyl (C=O) groups excluding carboxylic acids is 1. The number of rotatable bonds is 12. The summed E-state index contributed by atoms with van der Waals surface area (Å²) in [4.78, 5) is 23.6. The Labute approximate surface area is 147 Å². The first-order valence-electron chi connectivity index (χ1n) is 9.99. The molecule has 3 unspecified atom stereocenters. The van der Waals surface area contributed by atoms with Crippen LogP contribution in [0.5, 0.6) is 0 Å². The fourth-order valence-electron chi connectivity index (χ4n) is 3.62. The lowest BCUT2D eigenvalue weighted by atomic mass is 9.79. The number of carbonyl (C=O) groups is 2. The molecule has 1 saturated carbocycles. The molecule has 0 amide bonds. The van der Waals surface area contributed by atoms with Crippen molar-refractivity contribution < 1.29 is 19.4 Å². The van der Waals surface area contributed by atoms with Crippen LogP contribution < -0.4 is 0 Å². The monoisotopic (exact) mass is 340 g/mol. The van der Waals surface area contributed by atoms with Gasteiger partial charge < -0.3 is 9.84 Å². The number of carboxylic acid groups (broad SMARTS) is 1. The van der Waals surface area contributed by atoms with Crippen molar-refractivity contribution in [3.05, 3.63) is 0 Å². The molecule has 1 aliphatic rings. The summed E-state index contributed by atoms with van der Waals surface area (Å²) in [5, 5.41) is 9.26. The van der Waals surface area contributed by atoms with Gasteiger partial charge in [0.1, 0.15) is 0 Å². The van der Waals surface area contributed by atoms with Crippen LogP contribution in [0.1, 0.15) is 97.3 Å². The SMILES string of the molecule is CCCCCCCCCCC(C)OC(=O)C1CCCCC1C(=O)O. The zero-order valence-corrected chi connectivity index (χ0v) is 15.6. The van der Waals surface area contributed by atoms with Crippen molar-refractivity contribution in [1.29, 1.82) is 0 Å². The second-order valence-corrected chi connectivity index (χ2v) is 7.35. The van der Waals surface area contributed by atoms with Gasteiger partial charge in [-0.3, -0.25) is 9.59 Å². The molecule has 1 aliphatic carbocycles. The summed E-state index contributed by atoms with van der Waals surface area (Å²) in [7, 11) is 0. The summed E-state index contributed by atoms with van der Waals surface area (Å²) in [6.07, 6.45) is 14.0. The van der Waals surface area contributed by atoms with E-state index in [0.29, 0.717) is 12.8 Å². The maximum atomic E-state index is 12.3. The zero-order chi connectivity index (χ0) is 17.8. The fraction of sp³-hybridized carbons (Fsp3) is 0.900. The predicted molar refractivity (Wildman–Crippen MR) is 95.9 cm³/mol. The fourth-order valence-corrected chi connectivity index (χ4v) is 3.62. The number of hydrogen-bond acceptors (Lipinski definition) is 3. The lowest BCUT2D eigenvalue weighted by Crippen LogP contribution is -2.35. The van der Waals surface area contributed by atoms with E-state index < -0.39 is 17.8 Å². The van der Waals surface area contributed by atoms with E-state index in [2.05, 4.69) is 6.92 Å². The summed E-state index contributed by atoms with van der Waals surface area (Å²) in [6, 6.07) is 0. The van der Waals surface area contributed by atoms with Crippen LogP contribution >= 0.6 is 0 Å². The normalized spacial score (nSPS) is 22.1. The predicted octanol–water partition coefficient (Wildman–Crippen LogP) is 5.34. The summed E-state index contributed by atoms with van der Waals surface area (Å²) in [5.41, 5.74) is 0. The van der Waals surface area contributed by atoms with Gasteiger partial charge in [-0.15, -0.1) is 0 Å². The van der Waals surface area contributed by atoms with Crippen LogP contribution in [0.25, 0.3) is 0 Å². The molecule has 0 aromatic heterocycles. The summed E-state index contributed by atoms with van der Waals surface area (Å²) >= 11 is 0. The van der Waals surface area contributed by atoms with E-state index in [4.69, 9.17) is 4.74 Å². The third kappa shape index (κ3) is 8.16. The van der Waals surface area contributed by atoms with Gasteiger partial charge in [-0.05, 0) is 32.6 Å². The van der Waals surface area contributed by atoms with E-state index in [9.17, 15) is 14.7 Å². The van der Waals surface area contributed by atoms with Gasteiger partial charge in [0.05, 0.1) is 17.9 Å². The highest BCUT2D eigenvalue weighted by Crippen LogP contribution is 2.31. The number of ether oxygens (including phenoxy) is 1. The number of unbranched alkanes of at least 4 members (excludes halogenated alkanes) is 7. The molecule has 4 heteroatoms. The molecule has 1 fully saturated rings. The van der Waals surface area contributed by atoms with Crippen LogP contribution in [-0.2, 0) is 14.3 Å². The minimum atomic E-state index is -0.854. The van der Waals surface area contributed by atoms with Crippen molar-refractivity contribution in [2.24, 2.45) is 11.8 Å². The highest BCUT2D eigenvalue weighted by atomic mass is 16.5. The van der Waals surface area contributed by atoms with Gasteiger partial charge in [-0.2, -0.15) is 0 Å². The molecule has 0 radical (unpaired) electrons. The third-order valence-corrected chi connectivity index (χ3v) is 5.17. The van der Waals surface area contributed by atoms with Crippen LogP contribution in [0.4, 0.5) is 0 Å². The number of esters is 1. The molecular formula is C20H36O4. The Morgan fingerprint density at radius 2 is 1.50 bits per heavy atom. The molecule has 1 N–H and O–H groups in total. The Bertz CT molecular complexity index is 367. The van der Waals surface area contributed by atoms with Gasteiger partial charge in [-0.1, -0.05) is 64.7 Å².